The van der Waals surface area contributed by atoms with E-state index >= 15 is 0 Å². The van der Waals surface area contributed by atoms with E-state index in [1.165, 1.54) is 6.07 Å². The van der Waals surface area contributed by atoms with Gasteiger partial charge in [0, 0.05) is 37.8 Å². The number of carbonyl (C=O) groups is 1. The number of aromatic nitrogens is 1. The summed E-state index contributed by atoms with van der Waals surface area (Å²) in [5.41, 5.74) is 0.976. The molecule has 1 N–H and O–H groups in total. The van der Waals surface area contributed by atoms with Crippen molar-refractivity contribution in [3.05, 3.63) is 80.6 Å². The first-order valence-electron chi connectivity index (χ1n) is 8.94. The maximum atomic E-state index is 12.9. The number of anilines is 1. The Morgan fingerprint density at radius 1 is 1.00 bits per heavy atom. The minimum Gasteiger partial charge on any atom is -0.362 e. The minimum absolute atomic E-state index is 0.0493. The first-order chi connectivity index (χ1) is 13.5. The van der Waals surface area contributed by atoms with Gasteiger partial charge in [0.05, 0.1) is 4.92 Å². The number of fused-ring (bicyclic) bond motifs is 1. The first-order valence-corrected chi connectivity index (χ1v) is 8.94. The van der Waals surface area contributed by atoms with E-state index in [9.17, 15) is 19.7 Å². The lowest BCUT2D eigenvalue weighted by Gasteiger charge is -2.35. The number of H-pyrrole nitrogens is 1. The molecule has 8 heteroatoms. The van der Waals surface area contributed by atoms with Gasteiger partial charge in [0.25, 0.3) is 17.2 Å². The number of hydrogen-bond donors (Lipinski definition) is 1. The molecular weight excluding hydrogens is 360 g/mol. The summed E-state index contributed by atoms with van der Waals surface area (Å²) in [4.78, 5) is 42.3. The van der Waals surface area contributed by atoms with Crippen LogP contribution >= 0.6 is 0 Å². The number of hydrogen-bond acceptors (Lipinski definition) is 5. The molecule has 142 valence electrons. The first kappa shape index (κ1) is 17.7. The lowest BCUT2D eigenvalue weighted by Crippen LogP contribution is -2.49. The Bertz CT molecular complexity index is 1120. The van der Waals surface area contributed by atoms with E-state index in [0.29, 0.717) is 37.4 Å². The maximum Gasteiger partial charge on any atom is 0.292 e. The van der Waals surface area contributed by atoms with E-state index in [1.807, 2.05) is 23.1 Å². The molecule has 8 nitrogen and oxygen atoms in total. The van der Waals surface area contributed by atoms with Crippen LogP contribution < -0.4 is 10.5 Å². The van der Waals surface area contributed by atoms with Gasteiger partial charge in [-0.15, -0.1) is 0 Å². The highest BCUT2D eigenvalue weighted by Crippen LogP contribution is 2.28. The van der Waals surface area contributed by atoms with Gasteiger partial charge in [-0.25, -0.2) is 0 Å². The molecule has 1 aliphatic rings. The van der Waals surface area contributed by atoms with E-state index < -0.39 is 10.5 Å². The van der Waals surface area contributed by atoms with Crippen molar-refractivity contribution in [2.24, 2.45) is 0 Å². The highest BCUT2D eigenvalue weighted by atomic mass is 16.6. The molecule has 1 amide bonds. The fourth-order valence-corrected chi connectivity index (χ4v) is 3.51. The van der Waals surface area contributed by atoms with Gasteiger partial charge in [-0.1, -0.05) is 30.3 Å². The number of aromatic amines is 1. The van der Waals surface area contributed by atoms with E-state index in [1.54, 1.807) is 35.2 Å². The number of nitro groups is 1. The van der Waals surface area contributed by atoms with Crippen LogP contribution in [-0.4, -0.2) is 46.9 Å². The number of benzene rings is 2. The van der Waals surface area contributed by atoms with Crippen molar-refractivity contribution in [3.63, 3.8) is 0 Å². The van der Waals surface area contributed by atoms with Gasteiger partial charge in [-0.05, 0) is 23.6 Å². The zero-order valence-corrected chi connectivity index (χ0v) is 15.0. The van der Waals surface area contributed by atoms with Gasteiger partial charge in [0.2, 0.25) is 0 Å². The topological polar surface area (TPSA) is 99.6 Å². The standard InChI is InChI=1S/C20H18N4O4/c25-19-15(13-14-5-1-2-6-16(14)21-19)20(26)23-11-9-22(10-12-23)17-7-3-4-8-18(17)24(27)28/h1-8,13H,9-12H2,(H,21,25). The predicted octanol–water partition coefficient (Wildman–Crippen LogP) is 2.40. The molecule has 1 aliphatic heterocycles. The Morgan fingerprint density at radius 3 is 2.43 bits per heavy atom. The van der Waals surface area contributed by atoms with Crippen molar-refractivity contribution in [1.82, 2.24) is 9.88 Å². The van der Waals surface area contributed by atoms with Crippen LogP contribution in [0, 0.1) is 10.1 Å². The normalized spacial score (nSPS) is 14.3. The smallest absolute Gasteiger partial charge is 0.292 e. The van der Waals surface area contributed by atoms with Gasteiger partial charge in [0.1, 0.15) is 11.3 Å². The molecule has 0 aliphatic carbocycles. The fourth-order valence-electron chi connectivity index (χ4n) is 3.51. The molecule has 1 aromatic heterocycles. The summed E-state index contributed by atoms with van der Waals surface area (Å²) in [5.74, 6) is -0.325. The second kappa shape index (κ2) is 7.15. The molecule has 0 atom stereocenters. The number of nitrogens with one attached hydrogen (secondary N) is 1. The molecule has 28 heavy (non-hydrogen) atoms. The van der Waals surface area contributed by atoms with Crippen molar-refractivity contribution in [2.45, 2.75) is 0 Å². The van der Waals surface area contributed by atoms with Crippen molar-refractivity contribution in [2.75, 3.05) is 31.1 Å². The third kappa shape index (κ3) is 3.20. The number of carbonyl (C=O) groups excluding carboxylic acids is 1. The summed E-state index contributed by atoms with van der Waals surface area (Å²) in [6, 6.07) is 15.5. The van der Waals surface area contributed by atoms with Gasteiger partial charge in [0.15, 0.2) is 0 Å². The number of pyridine rings is 1. The number of amides is 1. The van der Waals surface area contributed by atoms with Crippen LogP contribution in [0.2, 0.25) is 0 Å². The Labute approximate surface area is 160 Å². The number of para-hydroxylation sites is 3. The summed E-state index contributed by atoms with van der Waals surface area (Å²) >= 11 is 0. The lowest BCUT2D eigenvalue weighted by atomic mass is 10.1. The summed E-state index contributed by atoms with van der Waals surface area (Å²) in [6.07, 6.45) is 0. The zero-order chi connectivity index (χ0) is 19.7. The van der Waals surface area contributed by atoms with Crippen LogP contribution in [0.15, 0.2) is 59.4 Å². The molecule has 0 unspecified atom stereocenters. The molecule has 0 saturated carbocycles. The van der Waals surface area contributed by atoms with Gasteiger partial charge < -0.3 is 14.8 Å². The van der Waals surface area contributed by atoms with Crippen molar-refractivity contribution < 1.29 is 9.72 Å². The molecule has 0 spiro atoms. The molecule has 2 aromatic carbocycles. The molecule has 3 aromatic rings. The molecule has 1 fully saturated rings. The predicted molar refractivity (Wildman–Crippen MR) is 106 cm³/mol. The Balaban J connectivity index is 1.53. The molecule has 1 saturated heterocycles. The Kier molecular flexibility index (Phi) is 4.52. The Morgan fingerprint density at radius 2 is 1.68 bits per heavy atom. The molecule has 2 heterocycles. The quantitative estimate of drug-likeness (QED) is 0.557. The van der Waals surface area contributed by atoms with Crippen molar-refractivity contribution >= 4 is 28.2 Å². The van der Waals surface area contributed by atoms with Crippen molar-refractivity contribution in [3.8, 4) is 0 Å². The van der Waals surface area contributed by atoms with Crippen LogP contribution in [-0.2, 0) is 0 Å². The fraction of sp³-hybridized carbons (Fsp3) is 0.200. The average Bonchev–Trinajstić information content (AvgIpc) is 2.73. The highest BCUT2D eigenvalue weighted by molar-refractivity contribution is 5.97. The van der Waals surface area contributed by atoms with E-state index in [0.717, 1.165) is 5.39 Å². The molecule has 4 rings (SSSR count). The molecule has 0 radical (unpaired) electrons. The third-order valence-corrected chi connectivity index (χ3v) is 4.97. The zero-order valence-electron chi connectivity index (χ0n) is 15.0. The highest BCUT2D eigenvalue weighted by Gasteiger charge is 2.27. The number of nitro benzene ring substituents is 1. The van der Waals surface area contributed by atoms with E-state index in [2.05, 4.69) is 4.98 Å². The van der Waals surface area contributed by atoms with Crippen LogP contribution in [0.5, 0.6) is 0 Å². The van der Waals surface area contributed by atoms with Gasteiger partial charge >= 0.3 is 0 Å². The number of piperazine rings is 1. The molecule has 0 bridgehead atoms. The SMILES string of the molecule is O=C(c1cc2ccccc2[nH]c1=O)N1CCN(c2ccccc2[N+](=O)[O-])CC1. The number of nitrogens with zero attached hydrogens (tertiary/aromatic N) is 3. The van der Waals surface area contributed by atoms with Gasteiger partial charge in [-0.3, -0.25) is 19.7 Å². The summed E-state index contributed by atoms with van der Waals surface area (Å²) in [5, 5.41) is 12.0. The lowest BCUT2D eigenvalue weighted by molar-refractivity contribution is -0.384. The summed E-state index contributed by atoms with van der Waals surface area (Å²) in [6.45, 7) is 1.69. The van der Waals surface area contributed by atoms with Crippen LogP contribution in [0.3, 0.4) is 0 Å². The van der Waals surface area contributed by atoms with Gasteiger partial charge in [-0.2, -0.15) is 0 Å². The largest absolute Gasteiger partial charge is 0.362 e. The maximum absolute atomic E-state index is 12.9. The van der Waals surface area contributed by atoms with Crippen molar-refractivity contribution in [1.29, 1.82) is 0 Å². The van der Waals surface area contributed by atoms with Crippen LogP contribution in [0.4, 0.5) is 11.4 Å². The number of rotatable bonds is 3. The summed E-state index contributed by atoms with van der Waals surface area (Å²) in [7, 11) is 0. The van der Waals surface area contributed by atoms with E-state index in [-0.39, 0.29) is 17.2 Å². The second-order valence-corrected chi connectivity index (χ2v) is 6.62. The third-order valence-electron chi connectivity index (χ3n) is 4.97. The van der Waals surface area contributed by atoms with Crippen LogP contribution in [0.1, 0.15) is 10.4 Å². The average molecular weight is 378 g/mol. The molecular formula is C20H18N4O4. The summed E-state index contributed by atoms with van der Waals surface area (Å²) < 4.78 is 0. The van der Waals surface area contributed by atoms with E-state index in [4.69, 9.17) is 0 Å². The Hall–Kier alpha value is -3.68. The monoisotopic (exact) mass is 378 g/mol. The van der Waals surface area contributed by atoms with Crippen LogP contribution in [0.25, 0.3) is 10.9 Å². The minimum atomic E-state index is -0.412. The second-order valence-electron chi connectivity index (χ2n) is 6.62.